The highest BCUT2D eigenvalue weighted by molar-refractivity contribution is 14.1. The number of rotatable bonds is 8. The van der Waals surface area contributed by atoms with E-state index < -0.39 is 0 Å². The van der Waals surface area contributed by atoms with Gasteiger partial charge >= 0.3 is 0 Å². The van der Waals surface area contributed by atoms with Gasteiger partial charge in [-0.05, 0) is 76.7 Å². The van der Waals surface area contributed by atoms with Crippen molar-refractivity contribution in [3.63, 3.8) is 0 Å². The van der Waals surface area contributed by atoms with Crippen LogP contribution in [0.2, 0.25) is 10.0 Å². The number of hydrogen-bond acceptors (Lipinski definition) is 4. The average molecular weight is 571 g/mol. The van der Waals surface area contributed by atoms with Gasteiger partial charge in [0, 0.05) is 20.5 Å². The molecular formula is C22H17Cl2IN2O2S. The molecule has 0 atom stereocenters. The number of carbonyl (C=O) groups excluding carboxylic acids is 1. The molecule has 0 saturated heterocycles. The molecule has 0 aliphatic rings. The summed E-state index contributed by atoms with van der Waals surface area (Å²) in [7, 11) is 0. The summed E-state index contributed by atoms with van der Waals surface area (Å²) in [6.07, 6.45) is 1.60. The Hall–Kier alpha value is -1.74. The molecule has 1 N–H and O–H groups in total. The van der Waals surface area contributed by atoms with Gasteiger partial charge in [0.15, 0.2) is 0 Å². The van der Waals surface area contributed by atoms with Gasteiger partial charge < -0.3 is 4.74 Å². The predicted molar refractivity (Wildman–Crippen MR) is 133 cm³/mol. The van der Waals surface area contributed by atoms with E-state index in [2.05, 4.69) is 33.1 Å². The summed E-state index contributed by atoms with van der Waals surface area (Å²) in [6, 6.07) is 20.6. The third kappa shape index (κ3) is 7.19. The van der Waals surface area contributed by atoms with Gasteiger partial charge in [0.1, 0.15) is 12.4 Å². The lowest BCUT2D eigenvalue weighted by atomic mass is 10.2. The van der Waals surface area contributed by atoms with E-state index in [-0.39, 0.29) is 11.7 Å². The highest BCUT2D eigenvalue weighted by Gasteiger charge is 2.05. The van der Waals surface area contributed by atoms with Gasteiger partial charge in [-0.3, -0.25) is 4.79 Å². The minimum absolute atomic E-state index is 0.180. The molecule has 0 aliphatic heterocycles. The first-order valence-electron chi connectivity index (χ1n) is 8.87. The van der Waals surface area contributed by atoms with E-state index in [1.54, 1.807) is 18.3 Å². The maximum Gasteiger partial charge on any atom is 0.250 e. The Kier molecular flexibility index (Phi) is 8.87. The molecule has 3 aromatic carbocycles. The molecule has 1 amide bonds. The van der Waals surface area contributed by atoms with E-state index in [9.17, 15) is 4.79 Å². The number of ether oxygens (including phenoxy) is 1. The lowest BCUT2D eigenvalue weighted by molar-refractivity contribution is -0.118. The Balaban J connectivity index is 1.48. The van der Waals surface area contributed by atoms with E-state index in [1.165, 1.54) is 11.8 Å². The summed E-state index contributed by atoms with van der Waals surface area (Å²) < 4.78 is 6.80. The topological polar surface area (TPSA) is 50.7 Å². The monoisotopic (exact) mass is 570 g/mol. The summed E-state index contributed by atoms with van der Waals surface area (Å²) in [6.45, 7) is 0.393. The molecule has 0 spiro atoms. The number of amides is 1. The van der Waals surface area contributed by atoms with Crippen LogP contribution in [-0.4, -0.2) is 17.9 Å². The minimum Gasteiger partial charge on any atom is -0.488 e. The van der Waals surface area contributed by atoms with Crippen LogP contribution >= 0.6 is 57.6 Å². The number of thioether (sulfide) groups is 1. The van der Waals surface area contributed by atoms with Crippen molar-refractivity contribution in [1.82, 2.24) is 5.43 Å². The second kappa shape index (κ2) is 11.6. The van der Waals surface area contributed by atoms with Gasteiger partial charge in [-0.2, -0.15) is 5.10 Å². The zero-order valence-electron chi connectivity index (χ0n) is 15.6. The normalized spacial score (nSPS) is 10.9. The smallest absolute Gasteiger partial charge is 0.250 e. The standard InChI is InChI=1S/C22H17Cl2IN2O2S/c23-17-6-8-18(9-7-17)30-14-22(28)27-26-12-15-5-10-21(20(25)11-15)29-13-16-3-1-2-4-19(16)24/h1-12H,13-14H2,(H,27,28)/b26-12-. The molecule has 0 aromatic heterocycles. The summed E-state index contributed by atoms with van der Waals surface area (Å²) >= 11 is 15.6. The van der Waals surface area contributed by atoms with Crippen molar-refractivity contribution in [2.75, 3.05) is 5.75 Å². The van der Waals surface area contributed by atoms with Gasteiger partial charge in [0.05, 0.1) is 15.5 Å². The molecule has 0 saturated carbocycles. The first-order valence-corrected chi connectivity index (χ1v) is 11.7. The van der Waals surface area contributed by atoms with Gasteiger partial charge in [-0.1, -0.05) is 41.4 Å². The second-order valence-electron chi connectivity index (χ2n) is 6.11. The van der Waals surface area contributed by atoms with Crippen LogP contribution in [0.5, 0.6) is 5.75 Å². The molecule has 8 heteroatoms. The van der Waals surface area contributed by atoms with Crippen molar-refractivity contribution in [2.24, 2.45) is 5.10 Å². The van der Waals surface area contributed by atoms with Crippen molar-refractivity contribution >= 4 is 69.7 Å². The van der Waals surface area contributed by atoms with Crippen molar-refractivity contribution in [1.29, 1.82) is 0 Å². The van der Waals surface area contributed by atoms with Crippen molar-refractivity contribution < 1.29 is 9.53 Å². The second-order valence-corrected chi connectivity index (χ2v) is 9.16. The van der Waals surface area contributed by atoms with Crippen LogP contribution in [-0.2, 0) is 11.4 Å². The van der Waals surface area contributed by atoms with Crippen molar-refractivity contribution in [3.05, 3.63) is 91.5 Å². The van der Waals surface area contributed by atoms with Gasteiger partial charge in [-0.15, -0.1) is 11.8 Å². The third-order valence-corrected chi connectivity index (χ3v) is 6.36. The quantitative estimate of drug-likeness (QED) is 0.147. The van der Waals surface area contributed by atoms with Gasteiger partial charge in [-0.25, -0.2) is 5.43 Å². The highest BCUT2D eigenvalue weighted by atomic mass is 127. The number of nitrogens with zero attached hydrogens (tertiary/aromatic N) is 1. The zero-order valence-corrected chi connectivity index (χ0v) is 20.1. The fourth-order valence-corrected chi connectivity index (χ4v) is 4.08. The number of hydrogen-bond donors (Lipinski definition) is 1. The summed E-state index contributed by atoms with van der Waals surface area (Å²) in [4.78, 5) is 12.9. The van der Waals surface area contributed by atoms with E-state index in [4.69, 9.17) is 27.9 Å². The Bertz CT molecular complexity index is 1050. The molecule has 3 aromatic rings. The lowest BCUT2D eigenvalue weighted by Gasteiger charge is -2.10. The molecule has 154 valence electrons. The highest BCUT2D eigenvalue weighted by Crippen LogP contribution is 2.24. The molecule has 4 nitrogen and oxygen atoms in total. The number of carbonyl (C=O) groups is 1. The van der Waals surface area contributed by atoms with E-state index in [0.717, 1.165) is 25.3 Å². The zero-order chi connectivity index (χ0) is 21.3. The van der Waals surface area contributed by atoms with Crippen LogP contribution in [0.1, 0.15) is 11.1 Å². The number of nitrogens with one attached hydrogen (secondary N) is 1. The van der Waals surface area contributed by atoms with E-state index in [0.29, 0.717) is 16.7 Å². The predicted octanol–water partition coefficient (Wildman–Crippen LogP) is 6.42. The minimum atomic E-state index is -0.180. The molecule has 30 heavy (non-hydrogen) atoms. The maximum atomic E-state index is 11.9. The largest absolute Gasteiger partial charge is 0.488 e. The fourth-order valence-electron chi connectivity index (χ4n) is 2.38. The van der Waals surface area contributed by atoms with Crippen LogP contribution in [0.25, 0.3) is 0 Å². The van der Waals surface area contributed by atoms with Gasteiger partial charge in [0.25, 0.3) is 0 Å². The summed E-state index contributed by atoms with van der Waals surface area (Å²) in [5, 5.41) is 5.37. The molecule has 0 aliphatic carbocycles. The summed E-state index contributed by atoms with van der Waals surface area (Å²) in [5.41, 5.74) is 4.32. The maximum absolute atomic E-state index is 11.9. The molecule has 0 unspecified atom stereocenters. The molecular weight excluding hydrogens is 554 g/mol. The van der Waals surface area contributed by atoms with E-state index in [1.807, 2.05) is 54.6 Å². The first-order chi connectivity index (χ1) is 14.5. The van der Waals surface area contributed by atoms with Gasteiger partial charge in [0.2, 0.25) is 5.91 Å². The third-order valence-electron chi connectivity index (χ3n) is 3.88. The lowest BCUT2D eigenvalue weighted by Crippen LogP contribution is -2.19. The van der Waals surface area contributed by atoms with Crippen LogP contribution in [0, 0.1) is 3.57 Å². The van der Waals surface area contributed by atoms with Crippen LogP contribution in [0.3, 0.4) is 0 Å². The fraction of sp³-hybridized carbons (Fsp3) is 0.0909. The number of halogens is 3. The summed E-state index contributed by atoms with van der Waals surface area (Å²) in [5.74, 6) is 0.849. The molecule has 3 rings (SSSR count). The van der Waals surface area contributed by atoms with Crippen LogP contribution in [0.15, 0.2) is 76.7 Å². The Morgan fingerprint density at radius 2 is 1.87 bits per heavy atom. The first kappa shape index (κ1) is 22.9. The molecule has 0 fully saturated rings. The SMILES string of the molecule is O=C(CSc1ccc(Cl)cc1)N/N=C\c1ccc(OCc2ccccc2Cl)c(I)c1. The van der Waals surface area contributed by atoms with Crippen molar-refractivity contribution in [3.8, 4) is 5.75 Å². The average Bonchev–Trinajstić information content (AvgIpc) is 2.74. The molecule has 0 radical (unpaired) electrons. The van der Waals surface area contributed by atoms with Crippen LogP contribution in [0.4, 0.5) is 0 Å². The van der Waals surface area contributed by atoms with Crippen LogP contribution < -0.4 is 10.2 Å². The van der Waals surface area contributed by atoms with Crippen molar-refractivity contribution in [2.45, 2.75) is 11.5 Å². The van der Waals surface area contributed by atoms with E-state index >= 15 is 0 Å². The Labute approximate surface area is 203 Å². The molecule has 0 heterocycles. The Morgan fingerprint density at radius 1 is 1.10 bits per heavy atom. The number of hydrazone groups is 1. The Morgan fingerprint density at radius 3 is 2.60 bits per heavy atom. The molecule has 0 bridgehead atoms. The number of benzene rings is 3.